The van der Waals surface area contributed by atoms with Gasteiger partial charge in [-0.05, 0) is 119 Å². The number of phenolic OH excluding ortho intramolecular Hbond substituents is 1. The van der Waals surface area contributed by atoms with Crippen LogP contribution in [0.5, 0.6) is 5.75 Å². The predicted molar refractivity (Wildman–Crippen MR) is 236 cm³/mol. The van der Waals surface area contributed by atoms with Crippen molar-refractivity contribution in [3.05, 3.63) is 64.8 Å². The molecule has 2 aliphatic carbocycles. The molecular formula is C46H61ClN10O4. The molecule has 9 rings (SSSR count). The third-order valence-corrected chi connectivity index (χ3v) is 15.2. The number of anilines is 3. The summed E-state index contributed by atoms with van der Waals surface area (Å²) in [5.41, 5.74) is 10.8. The largest absolute Gasteiger partial charge is 0.507 e. The van der Waals surface area contributed by atoms with Crippen LogP contribution in [0.1, 0.15) is 121 Å². The highest BCUT2D eigenvalue weighted by Gasteiger charge is 2.56. The lowest BCUT2D eigenvalue weighted by Crippen LogP contribution is -2.58. The zero-order valence-corrected chi connectivity index (χ0v) is 36.9. The van der Waals surface area contributed by atoms with Gasteiger partial charge in [0.15, 0.2) is 11.6 Å². The Morgan fingerprint density at radius 2 is 1.72 bits per heavy atom. The zero-order valence-electron chi connectivity index (χ0n) is 36.1. The van der Waals surface area contributed by atoms with Crippen molar-refractivity contribution in [2.24, 2.45) is 11.3 Å². The number of nitrogens with zero attached hydrogens (tertiary/aromatic N) is 9. The molecule has 1 aromatic carbocycles. The van der Waals surface area contributed by atoms with Crippen LogP contribution in [-0.2, 0) is 4.79 Å². The summed E-state index contributed by atoms with van der Waals surface area (Å²) >= 11 is 6.97. The maximum Gasteiger partial charge on any atom is 0.234 e. The highest BCUT2D eigenvalue weighted by molar-refractivity contribution is 6.32. The first-order valence-corrected chi connectivity index (χ1v) is 22.8. The van der Waals surface area contributed by atoms with Crippen LogP contribution in [-0.4, -0.2) is 114 Å². The number of para-hydroxylation sites is 1. The molecule has 5 fully saturated rings. The van der Waals surface area contributed by atoms with Gasteiger partial charge in [-0.25, -0.2) is 9.97 Å². The van der Waals surface area contributed by atoms with E-state index in [1.807, 2.05) is 39.0 Å². The fourth-order valence-electron chi connectivity index (χ4n) is 11.5. The summed E-state index contributed by atoms with van der Waals surface area (Å²) in [4.78, 5) is 32.7. The Balaban J connectivity index is 0.765. The van der Waals surface area contributed by atoms with Crippen molar-refractivity contribution in [2.75, 3.05) is 48.3 Å². The Morgan fingerprint density at radius 3 is 2.38 bits per heavy atom. The number of aliphatic hydroxyl groups excluding tert-OH is 1. The number of likely N-dealkylation sites (tertiary alicyclic amines) is 2. The second kappa shape index (κ2) is 16.6. The maximum atomic E-state index is 13.7. The number of phenols is 1. The molecular weight excluding hydrogens is 792 g/mol. The number of aromatic hydroxyl groups is 1. The van der Waals surface area contributed by atoms with Crippen LogP contribution in [0.4, 0.5) is 17.5 Å². The quantitative estimate of drug-likeness (QED) is 0.149. The van der Waals surface area contributed by atoms with Gasteiger partial charge in [-0.1, -0.05) is 49.7 Å². The van der Waals surface area contributed by atoms with Gasteiger partial charge in [-0.2, -0.15) is 0 Å². The number of nitrogens with two attached hydrogens (primary N) is 1. The number of rotatable bonds is 10. The molecule has 3 saturated heterocycles. The average molecular weight is 854 g/mol. The van der Waals surface area contributed by atoms with Gasteiger partial charge in [0.2, 0.25) is 11.9 Å². The normalized spacial score (nSPS) is 29.0. The second-order valence-corrected chi connectivity index (χ2v) is 19.6. The average Bonchev–Trinajstić information content (AvgIpc) is 3.76. The van der Waals surface area contributed by atoms with Crippen molar-refractivity contribution in [1.29, 1.82) is 0 Å². The molecule has 2 saturated carbocycles. The lowest BCUT2D eigenvalue weighted by Gasteiger charge is -2.60. The fraction of sp³-hybridized carbons (Fsp3) is 0.609. The van der Waals surface area contributed by atoms with Crippen LogP contribution in [0.2, 0.25) is 5.02 Å². The van der Waals surface area contributed by atoms with Gasteiger partial charge in [0.25, 0.3) is 0 Å². The van der Waals surface area contributed by atoms with E-state index in [4.69, 9.17) is 31.8 Å². The Morgan fingerprint density at radius 1 is 1.00 bits per heavy atom. The van der Waals surface area contributed by atoms with Gasteiger partial charge in [0.05, 0.1) is 17.5 Å². The third kappa shape index (κ3) is 7.81. The molecule has 5 aliphatic rings. The lowest BCUT2D eigenvalue weighted by atomic mass is 9.49. The van der Waals surface area contributed by atoms with Crippen LogP contribution in [0.25, 0.3) is 11.3 Å². The summed E-state index contributed by atoms with van der Waals surface area (Å²) in [5, 5.41) is 34.2. The molecule has 15 heteroatoms. The highest BCUT2D eigenvalue weighted by Crippen LogP contribution is 2.64. The highest BCUT2D eigenvalue weighted by atomic mass is 35.5. The minimum Gasteiger partial charge on any atom is -0.507 e. The van der Waals surface area contributed by atoms with E-state index < -0.39 is 12.0 Å². The van der Waals surface area contributed by atoms with Crippen LogP contribution < -0.4 is 15.5 Å². The SMILES string of the molecule is CCC1CN(c2cc(-c3ccccc3O)nnc2N)CC(C)N1c1ncc(C2CCN([C@H]3CC4(C[C@H](c5noc([C@H](C(=O)N6C[C@H](O)C[C@H]6C)C(C)C)c5Cl)C4)C3)CC2)cn1. The number of aliphatic hydroxyl groups is 1. The predicted octanol–water partition coefficient (Wildman–Crippen LogP) is 6.98. The number of hydrogen-bond acceptors (Lipinski definition) is 13. The number of hydrogen-bond donors (Lipinski definition) is 3. The fourth-order valence-corrected chi connectivity index (χ4v) is 11.8. The molecule has 6 heterocycles. The van der Waals surface area contributed by atoms with E-state index in [-0.39, 0.29) is 41.6 Å². The minimum atomic E-state index is -0.514. The number of piperazine rings is 1. The number of nitrogen functional groups attached to an aromatic ring is 1. The van der Waals surface area contributed by atoms with E-state index >= 15 is 0 Å². The van der Waals surface area contributed by atoms with E-state index in [1.165, 1.54) is 18.4 Å². The van der Waals surface area contributed by atoms with Crippen molar-refractivity contribution in [3.8, 4) is 17.0 Å². The number of piperidine rings is 1. The van der Waals surface area contributed by atoms with E-state index in [0.717, 1.165) is 75.6 Å². The van der Waals surface area contributed by atoms with Gasteiger partial charge in [-0.15, -0.1) is 10.2 Å². The van der Waals surface area contributed by atoms with Crippen LogP contribution >= 0.6 is 11.6 Å². The van der Waals surface area contributed by atoms with Crippen molar-refractivity contribution in [1.82, 2.24) is 35.1 Å². The Hall–Kier alpha value is -4.53. The molecule has 3 aliphatic heterocycles. The van der Waals surface area contributed by atoms with Crippen molar-refractivity contribution >= 4 is 35.0 Å². The van der Waals surface area contributed by atoms with Crippen LogP contribution in [0.15, 0.2) is 47.2 Å². The molecule has 1 amide bonds. The number of benzene rings is 1. The lowest BCUT2D eigenvalue weighted by molar-refractivity contribution is -0.135. The summed E-state index contributed by atoms with van der Waals surface area (Å²) in [6, 6.07) is 9.98. The summed E-state index contributed by atoms with van der Waals surface area (Å²) in [6.45, 7) is 14.4. The number of amides is 1. The van der Waals surface area contributed by atoms with Crippen LogP contribution in [0, 0.1) is 11.3 Å². The first kappa shape index (κ1) is 41.8. The Labute approximate surface area is 363 Å². The maximum absolute atomic E-state index is 13.7. The molecule has 0 bridgehead atoms. The van der Waals surface area contributed by atoms with Gasteiger partial charge < -0.3 is 40.1 Å². The van der Waals surface area contributed by atoms with Crippen molar-refractivity contribution in [2.45, 2.75) is 134 Å². The van der Waals surface area contributed by atoms with Gasteiger partial charge in [0, 0.05) is 67.7 Å². The number of carbonyl (C=O) groups excluding carboxylic acids is 1. The van der Waals surface area contributed by atoms with Gasteiger partial charge in [0.1, 0.15) is 22.4 Å². The van der Waals surface area contributed by atoms with Gasteiger partial charge >= 0.3 is 0 Å². The number of aromatic nitrogens is 5. The Bertz CT molecular complexity index is 2200. The molecule has 5 atom stereocenters. The molecule has 326 valence electrons. The van der Waals surface area contributed by atoms with Crippen molar-refractivity contribution in [3.63, 3.8) is 0 Å². The molecule has 3 aromatic heterocycles. The third-order valence-electron chi connectivity index (χ3n) is 14.8. The summed E-state index contributed by atoms with van der Waals surface area (Å²) < 4.78 is 5.87. The van der Waals surface area contributed by atoms with Crippen molar-refractivity contribution < 1.29 is 19.5 Å². The molecule has 14 nitrogen and oxygen atoms in total. The molecule has 4 N–H and O–H groups in total. The minimum absolute atomic E-state index is 0.0108. The molecule has 4 aromatic rings. The number of β-amino-alcohol motifs (C(OH)–C–C–N with tert-alkyl or cyclic N) is 1. The van der Waals surface area contributed by atoms with E-state index in [2.05, 4.69) is 56.3 Å². The van der Waals surface area contributed by atoms with Gasteiger partial charge in [-0.3, -0.25) is 4.79 Å². The molecule has 2 unspecified atom stereocenters. The summed E-state index contributed by atoms with van der Waals surface area (Å²) in [6.07, 6.45) is 11.9. The number of halogens is 1. The molecule has 61 heavy (non-hydrogen) atoms. The first-order valence-electron chi connectivity index (χ1n) is 22.5. The second-order valence-electron chi connectivity index (χ2n) is 19.2. The van der Waals surface area contributed by atoms with E-state index in [9.17, 15) is 15.0 Å². The number of carbonyl (C=O) groups is 1. The van der Waals surface area contributed by atoms with E-state index in [0.29, 0.717) is 58.2 Å². The smallest absolute Gasteiger partial charge is 0.234 e. The van der Waals surface area contributed by atoms with Crippen LogP contribution in [0.3, 0.4) is 0 Å². The first-order chi connectivity index (χ1) is 29.3. The summed E-state index contributed by atoms with van der Waals surface area (Å²) in [5.74, 6) is 1.93. The van der Waals surface area contributed by atoms with E-state index in [1.54, 1.807) is 17.0 Å². The monoisotopic (exact) mass is 852 g/mol. The topological polar surface area (TPSA) is 174 Å². The summed E-state index contributed by atoms with van der Waals surface area (Å²) in [7, 11) is 0. The molecule has 1 spiro atoms. The molecule has 0 radical (unpaired) electrons. The zero-order chi connectivity index (χ0) is 42.7. The standard InChI is InChI=1S/C46H61ClN10O4/c1-6-32-24-55(37-16-36(51-52-43(37)48)35-9-7-8-10-38(35)59)23-28(5)57(32)45-49-21-31(22-50-45)29-11-13-54(14-12-29)33-19-46(20-33)17-30(18-46)41-40(47)42(61-53-41)39(26(2)3)44(60)56-25-34(58)15-27(56)4/h7-10,16,21-22,26-30,32-34,39,58-59H,6,11-15,17-20,23-25H2,1-5H3,(H2,48,52)/t27-,28?,30-,32?,33-,34-,39-,46?/m1/s1. The Kier molecular flexibility index (Phi) is 11.4.